The van der Waals surface area contributed by atoms with Gasteiger partial charge in [0.25, 0.3) is 0 Å². The minimum Gasteiger partial charge on any atom is -0.309 e. The molecule has 5 heteroatoms. The molecule has 0 saturated carbocycles. The number of hydrogen-bond acceptors (Lipinski definition) is 2. The van der Waals surface area contributed by atoms with Crippen LogP contribution in [0.1, 0.15) is 0 Å². The van der Waals surface area contributed by atoms with Gasteiger partial charge in [-0.3, -0.25) is 0 Å². The summed E-state index contributed by atoms with van der Waals surface area (Å²) >= 11 is 0. The normalized spacial score (nSPS) is 12.1. The van der Waals surface area contributed by atoms with Gasteiger partial charge in [0, 0.05) is 60.5 Å². The first-order chi connectivity index (χ1) is 36.2. The molecule has 0 bridgehead atoms. The smallest absolute Gasteiger partial charge is 0.0973 e. The molecule has 0 fully saturated rings. The number of nitrogens with zero attached hydrogens (tertiary/aromatic N) is 5. The van der Waals surface area contributed by atoms with E-state index in [1.54, 1.807) is 0 Å². The van der Waals surface area contributed by atoms with E-state index in [1.807, 2.05) is 12.1 Å². The predicted octanol–water partition coefficient (Wildman–Crippen LogP) is 17.7. The molecule has 4 heterocycles. The summed E-state index contributed by atoms with van der Waals surface area (Å²) in [5, 5.41) is 14.6. The van der Waals surface area contributed by atoms with Gasteiger partial charge in [0.2, 0.25) is 0 Å². The van der Waals surface area contributed by atoms with E-state index in [0.29, 0.717) is 0 Å². The molecule has 5 nitrogen and oxygen atoms in total. The zero-order valence-corrected chi connectivity index (χ0v) is 39.4. The second kappa shape index (κ2) is 15.3. The molecule has 0 N–H and O–H groups in total. The molecule has 12 aromatic carbocycles. The van der Waals surface area contributed by atoms with Gasteiger partial charge in [-0.25, -0.2) is 9.97 Å². The molecule has 0 amide bonds. The molecule has 16 aromatic rings. The van der Waals surface area contributed by atoms with Gasteiger partial charge >= 0.3 is 0 Å². The van der Waals surface area contributed by atoms with E-state index in [-0.39, 0.29) is 0 Å². The van der Waals surface area contributed by atoms with Crippen LogP contribution in [0.2, 0.25) is 0 Å². The van der Waals surface area contributed by atoms with Crippen molar-refractivity contribution in [1.29, 1.82) is 0 Å². The Balaban J connectivity index is 0.818. The van der Waals surface area contributed by atoms with E-state index >= 15 is 0 Å². The summed E-state index contributed by atoms with van der Waals surface area (Å²) in [5.74, 6) is 0. The Labute approximate surface area is 418 Å². The van der Waals surface area contributed by atoms with Gasteiger partial charge in [-0.1, -0.05) is 140 Å². The van der Waals surface area contributed by atoms with Crippen LogP contribution in [-0.2, 0) is 0 Å². The zero-order chi connectivity index (χ0) is 47.7. The molecule has 73 heavy (non-hydrogen) atoms. The van der Waals surface area contributed by atoms with Gasteiger partial charge in [-0.05, 0) is 142 Å². The SMILES string of the molecule is c1ccc(-n2c3ccccc3c3cc(-c4nc5ccccc5nc4-c4ccc5cc(-n6c7ccccc7c7cc8cc(-n9c%10ccccc%10c%10cc%11ccccc%11cc%109)ccc8cc76)ccc5c4)ccc32)cc1. The minimum atomic E-state index is 0.861. The van der Waals surface area contributed by atoms with Crippen molar-refractivity contribution < 1.29 is 0 Å². The highest BCUT2D eigenvalue weighted by atomic mass is 15.0. The van der Waals surface area contributed by atoms with Crippen LogP contribution in [-0.4, -0.2) is 23.7 Å². The molecule has 0 aliphatic heterocycles. The molecular formula is C68H41N5. The quantitative estimate of drug-likeness (QED) is 0.173. The summed E-state index contributed by atoms with van der Waals surface area (Å²) in [5.41, 5.74) is 16.0. The number of hydrogen-bond donors (Lipinski definition) is 0. The van der Waals surface area contributed by atoms with Gasteiger partial charge in [-0.2, -0.15) is 0 Å². The summed E-state index contributed by atoms with van der Waals surface area (Å²) in [6, 6.07) is 90.4. The fourth-order valence-electron chi connectivity index (χ4n) is 11.9. The van der Waals surface area contributed by atoms with Crippen molar-refractivity contribution in [2.24, 2.45) is 0 Å². The lowest BCUT2D eigenvalue weighted by atomic mass is 9.99. The van der Waals surface area contributed by atoms with E-state index in [2.05, 4.69) is 250 Å². The average molecular weight is 928 g/mol. The van der Waals surface area contributed by atoms with Crippen LogP contribution in [0.15, 0.2) is 249 Å². The largest absolute Gasteiger partial charge is 0.309 e. The minimum absolute atomic E-state index is 0.861. The van der Waals surface area contributed by atoms with Crippen LogP contribution in [0, 0.1) is 0 Å². The Hall–Kier alpha value is -9.84. The Kier molecular flexibility index (Phi) is 8.39. The van der Waals surface area contributed by atoms with Crippen LogP contribution in [0.5, 0.6) is 0 Å². The van der Waals surface area contributed by atoms with Gasteiger partial charge in [-0.15, -0.1) is 0 Å². The molecule has 0 saturated heterocycles. The van der Waals surface area contributed by atoms with Crippen molar-refractivity contribution in [3.63, 3.8) is 0 Å². The topological polar surface area (TPSA) is 40.6 Å². The highest BCUT2D eigenvalue weighted by Crippen LogP contribution is 2.41. The van der Waals surface area contributed by atoms with Crippen LogP contribution >= 0.6 is 0 Å². The average Bonchev–Trinajstić information content (AvgIpc) is 4.08. The van der Waals surface area contributed by atoms with E-state index in [4.69, 9.17) is 9.97 Å². The number of fused-ring (bicyclic) bond motifs is 13. The van der Waals surface area contributed by atoms with Gasteiger partial charge in [0.1, 0.15) is 0 Å². The third-order valence-electron chi connectivity index (χ3n) is 15.3. The monoisotopic (exact) mass is 927 g/mol. The van der Waals surface area contributed by atoms with E-state index in [1.165, 1.54) is 81.4 Å². The molecule has 0 radical (unpaired) electrons. The Morgan fingerprint density at radius 3 is 1.23 bits per heavy atom. The van der Waals surface area contributed by atoms with Crippen molar-refractivity contribution in [3.8, 4) is 39.6 Å². The summed E-state index contributed by atoms with van der Waals surface area (Å²) in [6.45, 7) is 0. The van der Waals surface area contributed by atoms with Crippen molar-refractivity contribution in [1.82, 2.24) is 23.7 Å². The fourth-order valence-corrected chi connectivity index (χ4v) is 11.9. The molecule has 0 aliphatic rings. The Morgan fingerprint density at radius 2 is 0.616 bits per heavy atom. The van der Waals surface area contributed by atoms with E-state index < -0.39 is 0 Å². The lowest BCUT2D eigenvalue weighted by Gasteiger charge is -2.13. The van der Waals surface area contributed by atoms with Crippen molar-refractivity contribution in [2.45, 2.75) is 0 Å². The highest BCUT2D eigenvalue weighted by molar-refractivity contribution is 6.16. The van der Waals surface area contributed by atoms with Gasteiger partial charge < -0.3 is 13.7 Å². The molecule has 16 rings (SSSR count). The summed E-state index contributed by atoms with van der Waals surface area (Å²) in [6.07, 6.45) is 0. The van der Waals surface area contributed by atoms with Crippen LogP contribution in [0.3, 0.4) is 0 Å². The second-order valence-corrected chi connectivity index (χ2v) is 19.4. The number of benzene rings is 12. The fraction of sp³-hybridized carbons (Fsp3) is 0. The van der Waals surface area contributed by atoms with Crippen LogP contribution < -0.4 is 0 Å². The maximum atomic E-state index is 5.36. The van der Waals surface area contributed by atoms with E-state index in [9.17, 15) is 0 Å². The lowest BCUT2D eigenvalue weighted by Crippen LogP contribution is -1.97. The van der Waals surface area contributed by atoms with E-state index in [0.717, 1.165) is 66.9 Å². The molecule has 4 aromatic heterocycles. The highest BCUT2D eigenvalue weighted by Gasteiger charge is 2.20. The third kappa shape index (κ3) is 6.03. The molecular weight excluding hydrogens is 887 g/mol. The number of rotatable bonds is 5. The lowest BCUT2D eigenvalue weighted by molar-refractivity contribution is 1.18. The van der Waals surface area contributed by atoms with Gasteiger partial charge in [0.15, 0.2) is 0 Å². The maximum absolute atomic E-state index is 5.36. The van der Waals surface area contributed by atoms with Crippen molar-refractivity contribution in [3.05, 3.63) is 249 Å². The molecule has 338 valence electrons. The molecule has 0 spiro atoms. The third-order valence-corrected chi connectivity index (χ3v) is 15.3. The standard InChI is InChI=1S/C68H41N5/c1-2-16-50(17-3-1)71-61-23-11-6-18-53(61)56-38-48(30-33-64(56)71)68-67(69-59-21-9-10-22-60(59)70-68)47-27-26-45-35-51(31-28-44(45)34-47)72-63-25-13-8-20-55(63)58-39-49-36-52(32-29-46(49)41-66(58)72)73-62-24-12-7-19-54(62)57-37-42-14-4-5-15-43(42)40-65(57)73/h1-41H. The zero-order valence-electron chi connectivity index (χ0n) is 39.4. The van der Waals surface area contributed by atoms with Gasteiger partial charge in [0.05, 0.1) is 55.5 Å². The van der Waals surface area contributed by atoms with Crippen molar-refractivity contribution >= 4 is 109 Å². The molecule has 0 aliphatic carbocycles. The van der Waals surface area contributed by atoms with Crippen molar-refractivity contribution in [2.75, 3.05) is 0 Å². The number of para-hydroxylation sites is 6. The summed E-state index contributed by atoms with van der Waals surface area (Å²) in [7, 11) is 0. The number of aromatic nitrogens is 5. The van der Waals surface area contributed by atoms with Crippen LogP contribution in [0.25, 0.3) is 148 Å². The first-order valence-electron chi connectivity index (χ1n) is 25.0. The first-order valence-corrected chi connectivity index (χ1v) is 25.0. The second-order valence-electron chi connectivity index (χ2n) is 19.4. The summed E-state index contributed by atoms with van der Waals surface area (Å²) in [4.78, 5) is 10.7. The predicted molar refractivity (Wildman–Crippen MR) is 306 cm³/mol. The summed E-state index contributed by atoms with van der Waals surface area (Å²) < 4.78 is 7.22. The van der Waals surface area contributed by atoms with Crippen LogP contribution in [0.4, 0.5) is 0 Å². The Bertz CT molecular complexity index is 4980. The molecule has 0 atom stereocenters. The Morgan fingerprint density at radius 1 is 0.219 bits per heavy atom. The maximum Gasteiger partial charge on any atom is 0.0973 e. The molecule has 0 unspecified atom stereocenters. The first kappa shape index (κ1) is 39.9.